The molecule has 0 spiro atoms. The molecule has 26 heavy (non-hydrogen) atoms. The molecule has 0 saturated carbocycles. The van der Waals surface area contributed by atoms with Gasteiger partial charge in [-0.2, -0.15) is 0 Å². The SMILES string of the molecule is C=Cc1sc2c(-c3n(C)c4ccccc4[n+]3C)c(C)ccc2c1/C=C\I. The third kappa shape index (κ3) is 2.47. The lowest BCUT2D eigenvalue weighted by atomic mass is 10.0. The second-order valence-corrected chi connectivity index (χ2v) is 8.21. The first-order valence-corrected chi connectivity index (χ1v) is 10.5. The van der Waals surface area contributed by atoms with Crippen molar-refractivity contribution in [1.82, 2.24) is 4.57 Å². The van der Waals surface area contributed by atoms with Crippen molar-refractivity contribution >= 4 is 67.2 Å². The summed E-state index contributed by atoms with van der Waals surface area (Å²) < 4.78 is 8.00. The highest BCUT2D eigenvalue weighted by molar-refractivity contribution is 14.1. The van der Waals surface area contributed by atoms with Crippen molar-refractivity contribution in [3.8, 4) is 11.4 Å². The van der Waals surface area contributed by atoms with E-state index in [1.807, 2.05) is 17.4 Å². The maximum absolute atomic E-state index is 4.03. The quantitative estimate of drug-likeness (QED) is 0.247. The van der Waals surface area contributed by atoms with E-state index in [4.69, 9.17) is 0 Å². The summed E-state index contributed by atoms with van der Waals surface area (Å²) in [4.78, 5) is 1.22. The number of para-hydroxylation sites is 2. The number of aromatic nitrogens is 2. The van der Waals surface area contributed by atoms with Crippen LogP contribution in [0.2, 0.25) is 0 Å². The van der Waals surface area contributed by atoms with Crippen LogP contribution in [0.4, 0.5) is 0 Å². The number of aryl methyl sites for hydroxylation is 3. The first-order valence-electron chi connectivity index (χ1n) is 8.47. The second kappa shape index (κ2) is 6.67. The van der Waals surface area contributed by atoms with E-state index in [1.54, 1.807) is 0 Å². The van der Waals surface area contributed by atoms with E-state index in [9.17, 15) is 0 Å². The largest absolute Gasteiger partial charge is 0.291 e. The number of fused-ring (bicyclic) bond motifs is 2. The van der Waals surface area contributed by atoms with Crippen LogP contribution < -0.4 is 4.57 Å². The summed E-state index contributed by atoms with van der Waals surface area (Å²) in [6.45, 7) is 6.23. The van der Waals surface area contributed by atoms with Gasteiger partial charge in [0.1, 0.15) is 0 Å². The number of hydrogen-bond donors (Lipinski definition) is 0. The highest BCUT2D eigenvalue weighted by Crippen LogP contribution is 2.41. The fourth-order valence-corrected chi connectivity index (χ4v) is 5.37. The molecular weight excluding hydrogens is 451 g/mol. The summed E-state index contributed by atoms with van der Waals surface area (Å²) in [6.07, 6.45) is 4.15. The Morgan fingerprint density at radius 1 is 1.19 bits per heavy atom. The molecule has 0 aliphatic carbocycles. The lowest BCUT2D eigenvalue weighted by Crippen LogP contribution is -2.30. The number of benzene rings is 2. The van der Waals surface area contributed by atoms with E-state index in [2.05, 4.69) is 106 Å². The zero-order valence-corrected chi connectivity index (χ0v) is 18.1. The lowest BCUT2D eigenvalue weighted by molar-refractivity contribution is -0.634. The molecule has 0 radical (unpaired) electrons. The minimum Gasteiger partial charge on any atom is -0.226 e. The highest BCUT2D eigenvalue weighted by Gasteiger charge is 2.26. The number of hydrogen-bond acceptors (Lipinski definition) is 1. The zero-order chi connectivity index (χ0) is 18.4. The molecule has 0 atom stereocenters. The van der Waals surface area contributed by atoms with Gasteiger partial charge in [-0.3, -0.25) is 0 Å². The van der Waals surface area contributed by atoms with Gasteiger partial charge in [0, 0.05) is 15.8 Å². The minimum atomic E-state index is 1.22. The highest BCUT2D eigenvalue weighted by atomic mass is 127. The van der Waals surface area contributed by atoms with Gasteiger partial charge in [-0.1, -0.05) is 59.5 Å². The number of halogens is 1. The maximum atomic E-state index is 4.03. The lowest BCUT2D eigenvalue weighted by Gasteiger charge is -2.06. The fourth-order valence-electron chi connectivity index (χ4n) is 3.78. The standard InChI is InChI=1S/C22H20IN2S/c1-5-19-15(12-13-23)16-11-10-14(2)20(21(16)26-19)22-24(3)17-8-6-7-9-18(17)25(22)4/h5-13H,1H2,2-4H3/q+1/b13-12-. The Bertz CT molecular complexity index is 1160. The third-order valence-electron chi connectivity index (χ3n) is 5.01. The van der Waals surface area contributed by atoms with Gasteiger partial charge in [0.05, 0.1) is 24.4 Å². The van der Waals surface area contributed by atoms with Gasteiger partial charge >= 0.3 is 0 Å². The topological polar surface area (TPSA) is 8.81 Å². The summed E-state index contributed by atoms with van der Waals surface area (Å²) in [7, 11) is 4.31. The number of nitrogens with zero attached hydrogens (tertiary/aromatic N) is 2. The van der Waals surface area contributed by atoms with Gasteiger partial charge in [0.25, 0.3) is 5.82 Å². The molecule has 4 aromatic rings. The van der Waals surface area contributed by atoms with E-state index in [-0.39, 0.29) is 0 Å². The Morgan fingerprint density at radius 2 is 1.96 bits per heavy atom. The van der Waals surface area contributed by atoms with Gasteiger partial charge in [-0.05, 0) is 34.8 Å². The molecule has 2 nitrogen and oxygen atoms in total. The number of rotatable bonds is 3. The van der Waals surface area contributed by atoms with Crippen LogP contribution in [-0.2, 0) is 14.1 Å². The van der Waals surface area contributed by atoms with Crippen molar-refractivity contribution in [2.24, 2.45) is 14.1 Å². The van der Waals surface area contributed by atoms with Crippen LogP contribution >= 0.6 is 33.9 Å². The Balaban J connectivity index is 2.16. The first-order chi connectivity index (χ1) is 12.6. The average Bonchev–Trinajstić information content (AvgIpc) is 3.12. The molecule has 2 heterocycles. The van der Waals surface area contributed by atoms with Crippen LogP contribution in [-0.4, -0.2) is 4.57 Å². The molecule has 2 aromatic heterocycles. The molecule has 130 valence electrons. The molecule has 0 aliphatic heterocycles. The summed E-state index contributed by atoms with van der Waals surface area (Å²) in [6, 6.07) is 13.0. The Kier molecular flexibility index (Phi) is 4.49. The summed E-state index contributed by atoms with van der Waals surface area (Å²) in [5, 5.41) is 1.30. The van der Waals surface area contributed by atoms with Gasteiger partial charge in [-0.15, -0.1) is 11.3 Å². The van der Waals surface area contributed by atoms with Crippen molar-refractivity contribution in [2.75, 3.05) is 0 Å². The van der Waals surface area contributed by atoms with Gasteiger partial charge in [-0.25, -0.2) is 9.13 Å². The predicted octanol–water partition coefficient (Wildman–Crippen LogP) is 6.24. The molecule has 0 amide bonds. The van der Waals surface area contributed by atoms with Gasteiger partial charge in [0.2, 0.25) is 0 Å². The summed E-state index contributed by atoms with van der Waals surface area (Å²) >= 11 is 4.11. The normalized spacial score (nSPS) is 11.8. The molecule has 0 fully saturated rings. The maximum Gasteiger partial charge on any atom is 0.291 e. The third-order valence-corrected chi connectivity index (χ3v) is 6.61. The van der Waals surface area contributed by atoms with E-state index >= 15 is 0 Å². The Hall–Kier alpha value is -1.92. The average molecular weight is 471 g/mol. The van der Waals surface area contributed by atoms with Crippen molar-refractivity contribution in [2.45, 2.75) is 6.92 Å². The van der Waals surface area contributed by atoms with E-state index in [0.29, 0.717) is 0 Å². The molecule has 0 saturated heterocycles. The summed E-state index contributed by atoms with van der Waals surface area (Å²) in [5.74, 6) is 1.23. The van der Waals surface area contributed by atoms with Gasteiger partial charge in [0.15, 0.2) is 11.0 Å². The van der Waals surface area contributed by atoms with Crippen LogP contribution in [0.3, 0.4) is 0 Å². The van der Waals surface area contributed by atoms with Crippen molar-refractivity contribution in [3.63, 3.8) is 0 Å². The Morgan fingerprint density at radius 3 is 2.65 bits per heavy atom. The van der Waals surface area contributed by atoms with Gasteiger partial charge < -0.3 is 0 Å². The molecule has 4 heteroatoms. The van der Waals surface area contributed by atoms with Crippen LogP contribution in [0.25, 0.3) is 44.7 Å². The van der Waals surface area contributed by atoms with Crippen molar-refractivity contribution in [1.29, 1.82) is 0 Å². The predicted molar refractivity (Wildman–Crippen MR) is 123 cm³/mol. The smallest absolute Gasteiger partial charge is 0.226 e. The van der Waals surface area contributed by atoms with Crippen molar-refractivity contribution < 1.29 is 4.57 Å². The monoisotopic (exact) mass is 471 g/mol. The summed E-state index contributed by atoms with van der Waals surface area (Å²) in [5.41, 5.74) is 6.35. The molecule has 2 aromatic carbocycles. The van der Waals surface area contributed by atoms with Crippen LogP contribution in [0, 0.1) is 6.92 Å². The van der Waals surface area contributed by atoms with E-state index < -0.39 is 0 Å². The molecule has 0 unspecified atom stereocenters. The van der Waals surface area contributed by atoms with Crippen molar-refractivity contribution in [3.05, 3.63) is 63.1 Å². The van der Waals surface area contributed by atoms with Crippen LogP contribution in [0.5, 0.6) is 0 Å². The first kappa shape index (κ1) is 17.5. The molecule has 4 rings (SSSR count). The Labute approximate surface area is 171 Å². The fraction of sp³-hybridized carbons (Fsp3) is 0.136. The molecule has 0 aliphatic rings. The molecule has 0 N–H and O–H groups in total. The number of imidazole rings is 1. The number of thiophene rings is 1. The molecule has 0 bridgehead atoms. The van der Waals surface area contributed by atoms with Crippen LogP contribution in [0.1, 0.15) is 16.0 Å². The second-order valence-electron chi connectivity index (χ2n) is 6.44. The minimum absolute atomic E-state index is 1.22. The molecular formula is C22H20IN2S+. The zero-order valence-electron chi connectivity index (χ0n) is 15.1. The van der Waals surface area contributed by atoms with E-state index in [1.165, 1.54) is 48.5 Å². The van der Waals surface area contributed by atoms with Crippen LogP contribution in [0.15, 0.2) is 47.1 Å². The van der Waals surface area contributed by atoms with E-state index in [0.717, 1.165) is 0 Å².